The van der Waals surface area contributed by atoms with E-state index in [4.69, 9.17) is 15.7 Å². The van der Waals surface area contributed by atoms with Crippen LogP contribution in [-0.2, 0) is 9.53 Å². The average molecular weight is 414 g/mol. The molecule has 0 saturated carbocycles. The van der Waals surface area contributed by atoms with Crippen LogP contribution in [0, 0.1) is 25.2 Å². The molecule has 8 nitrogen and oxygen atoms in total. The molecule has 2 rings (SSSR count). The number of anilines is 2. The van der Waals surface area contributed by atoms with Crippen molar-refractivity contribution in [3.8, 4) is 6.07 Å². The maximum atomic E-state index is 12.8. The Morgan fingerprint density at radius 2 is 1.97 bits per heavy atom. The van der Waals surface area contributed by atoms with Crippen LogP contribution < -0.4 is 10.6 Å². The number of carbonyl (C=O) groups is 2. The molecule has 1 amide bonds. The molecule has 0 atom stereocenters. The van der Waals surface area contributed by atoms with E-state index >= 15 is 0 Å². The first-order valence-electron chi connectivity index (χ1n) is 9.03. The molecule has 9 heteroatoms. The van der Waals surface area contributed by atoms with Crippen LogP contribution in [0.2, 0.25) is 0 Å². The number of esters is 1. The number of nitrogens with zero attached hydrogens (tertiary/aromatic N) is 4. The minimum atomic E-state index is -0.588. The zero-order valence-electron chi connectivity index (χ0n) is 16.6. The molecular formula is C20H23N5O3S. The van der Waals surface area contributed by atoms with E-state index in [2.05, 4.69) is 16.0 Å². The number of rotatable bonds is 8. The van der Waals surface area contributed by atoms with Crippen LogP contribution in [0.3, 0.4) is 0 Å². The third kappa shape index (κ3) is 6.19. The molecule has 1 aromatic carbocycles. The van der Waals surface area contributed by atoms with E-state index in [0.29, 0.717) is 6.54 Å². The summed E-state index contributed by atoms with van der Waals surface area (Å²) in [6, 6.07) is 7.92. The fourth-order valence-electron chi connectivity index (χ4n) is 2.68. The van der Waals surface area contributed by atoms with Gasteiger partial charge in [0.1, 0.15) is 11.4 Å². The fourth-order valence-corrected chi connectivity index (χ4v) is 3.38. The van der Waals surface area contributed by atoms with Gasteiger partial charge in [-0.15, -0.1) is 0 Å². The lowest BCUT2D eigenvalue weighted by molar-refractivity contribution is -0.116. The Labute approximate surface area is 174 Å². The van der Waals surface area contributed by atoms with E-state index < -0.39 is 5.97 Å². The molecule has 0 aliphatic heterocycles. The molecule has 2 aromatic rings. The highest BCUT2D eigenvalue weighted by Crippen LogP contribution is 2.22. The van der Waals surface area contributed by atoms with Gasteiger partial charge in [-0.25, -0.2) is 14.8 Å². The Kier molecular flexibility index (Phi) is 7.98. The van der Waals surface area contributed by atoms with Crippen molar-refractivity contribution >= 4 is 35.1 Å². The number of ether oxygens (including phenoxy) is 1. The molecule has 0 aliphatic carbocycles. The van der Waals surface area contributed by atoms with Crippen molar-refractivity contribution in [3.05, 3.63) is 41.1 Å². The number of nitriles is 1. The van der Waals surface area contributed by atoms with E-state index in [-0.39, 0.29) is 41.2 Å². The van der Waals surface area contributed by atoms with Gasteiger partial charge in [0.25, 0.3) is 0 Å². The lowest BCUT2D eigenvalue weighted by atomic mass is 10.1. The first-order chi connectivity index (χ1) is 13.8. The molecule has 0 fully saturated rings. The maximum absolute atomic E-state index is 12.8. The molecule has 0 aliphatic rings. The quantitative estimate of drug-likeness (QED) is 0.398. The first kappa shape index (κ1) is 22.2. The van der Waals surface area contributed by atoms with Crippen LogP contribution >= 0.6 is 11.8 Å². The SMILES string of the molecule is CCOC(=O)c1cnc(SCC(=O)N(CCC#N)c2cc(C)cc(C)c2)nc1N. The molecule has 2 N–H and O–H groups in total. The highest BCUT2D eigenvalue weighted by Gasteiger charge is 2.18. The smallest absolute Gasteiger partial charge is 0.343 e. The summed E-state index contributed by atoms with van der Waals surface area (Å²) >= 11 is 1.11. The second kappa shape index (κ2) is 10.4. The zero-order valence-corrected chi connectivity index (χ0v) is 17.5. The molecule has 1 heterocycles. The third-order valence-corrected chi connectivity index (χ3v) is 4.73. The Morgan fingerprint density at radius 3 is 2.55 bits per heavy atom. The Morgan fingerprint density at radius 1 is 1.28 bits per heavy atom. The largest absolute Gasteiger partial charge is 0.462 e. The number of aryl methyl sites for hydroxylation is 2. The van der Waals surface area contributed by atoms with Gasteiger partial charge in [-0.3, -0.25) is 4.79 Å². The predicted octanol–water partition coefficient (Wildman–Crippen LogP) is 2.89. The highest BCUT2D eigenvalue weighted by molar-refractivity contribution is 7.99. The normalized spacial score (nSPS) is 10.3. The number of nitrogen functional groups attached to an aromatic ring is 1. The van der Waals surface area contributed by atoms with Crippen molar-refractivity contribution in [1.82, 2.24) is 9.97 Å². The Bertz CT molecular complexity index is 922. The second-order valence-corrected chi connectivity index (χ2v) is 7.20. The third-order valence-electron chi connectivity index (χ3n) is 3.88. The van der Waals surface area contributed by atoms with Gasteiger partial charge in [0.05, 0.1) is 24.8 Å². The molecule has 0 radical (unpaired) electrons. The zero-order chi connectivity index (χ0) is 21.4. The number of thioether (sulfide) groups is 1. The summed E-state index contributed by atoms with van der Waals surface area (Å²) in [5, 5.41) is 9.22. The number of hydrogen-bond acceptors (Lipinski definition) is 8. The molecule has 0 saturated heterocycles. The monoisotopic (exact) mass is 413 g/mol. The fraction of sp³-hybridized carbons (Fsp3) is 0.350. The number of hydrogen-bond donors (Lipinski definition) is 1. The summed E-state index contributed by atoms with van der Waals surface area (Å²) < 4.78 is 4.89. The van der Waals surface area contributed by atoms with Crippen LogP contribution in [-0.4, -0.2) is 40.7 Å². The highest BCUT2D eigenvalue weighted by atomic mass is 32.2. The minimum absolute atomic E-state index is 0.00374. The van der Waals surface area contributed by atoms with Gasteiger partial charge in [-0.2, -0.15) is 5.26 Å². The maximum Gasteiger partial charge on any atom is 0.343 e. The standard InChI is InChI=1S/C20H23N5O3S/c1-4-28-19(27)16-11-23-20(24-18(16)22)29-12-17(26)25(7-5-6-21)15-9-13(2)8-14(3)10-15/h8-11H,4-5,7,12H2,1-3H3,(H2,22,23,24). The van der Waals surface area contributed by atoms with Crippen LogP contribution in [0.4, 0.5) is 11.5 Å². The van der Waals surface area contributed by atoms with Gasteiger partial charge in [-0.1, -0.05) is 17.8 Å². The summed E-state index contributed by atoms with van der Waals surface area (Å²) in [5.41, 5.74) is 8.73. The van der Waals surface area contributed by atoms with Gasteiger partial charge >= 0.3 is 5.97 Å². The Balaban J connectivity index is 2.12. The number of carbonyl (C=O) groups excluding carboxylic acids is 2. The lowest BCUT2D eigenvalue weighted by Gasteiger charge is -2.22. The van der Waals surface area contributed by atoms with Gasteiger partial charge in [0.15, 0.2) is 5.16 Å². The van der Waals surface area contributed by atoms with Crippen LogP contribution in [0.25, 0.3) is 0 Å². The van der Waals surface area contributed by atoms with E-state index in [9.17, 15) is 9.59 Å². The lowest BCUT2D eigenvalue weighted by Crippen LogP contribution is -2.33. The molecule has 1 aromatic heterocycles. The van der Waals surface area contributed by atoms with Crippen molar-refractivity contribution in [3.63, 3.8) is 0 Å². The summed E-state index contributed by atoms with van der Waals surface area (Å²) in [6.07, 6.45) is 1.52. The first-order valence-corrected chi connectivity index (χ1v) is 10.0. The van der Waals surface area contributed by atoms with Crippen molar-refractivity contribution in [2.75, 3.05) is 29.5 Å². The van der Waals surface area contributed by atoms with Crippen LogP contribution in [0.1, 0.15) is 34.8 Å². The molecule has 0 spiro atoms. The summed E-state index contributed by atoms with van der Waals surface area (Å²) in [5.74, 6) is -0.692. The van der Waals surface area contributed by atoms with Gasteiger partial charge in [0.2, 0.25) is 5.91 Å². The molecule has 0 bridgehead atoms. The van der Waals surface area contributed by atoms with Crippen LogP contribution in [0.15, 0.2) is 29.6 Å². The topological polar surface area (TPSA) is 122 Å². The number of amides is 1. The molecule has 29 heavy (non-hydrogen) atoms. The molecular weight excluding hydrogens is 390 g/mol. The summed E-state index contributed by atoms with van der Waals surface area (Å²) in [7, 11) is 0. The van der Waals surface area contributed by atoms with Gasteiger partial charge < -0.3 is 15.4 Å². The van der Waals surface area contributed by atoms with Gasteiger partial charge in [0, 0.05) is 18.4 Å². The van der Waals surface area contributed by atoms with Crippen molar-refractivity contribution < 1.29 is 14.3 Å². The van der Waals surface area contributed by atoms with Crippen molar-refractivity contribution in [1.29, 1.82) is 5.26 Å². The number of benzene rings is 1. The summed E-state index contributed by atoms with van der Waals surface area (Å²) in [6.45, 7) is 6.13. The second-order valence-electron chi connectivity index (χ2n) is 6.26. The Hall–Kier alpha value is -3.12. The number of nitrogens with two attached hydrogens (primary N) is 1. The molecule has 0 unspecified atom stereocenters. The van der Waals surface area contributed by atoms with Gasteiger partial charge in [-0.05, 0) is 44.0 Å². The van der Waals surface area contributed by atoms with E-state index in [1.807, 2.05) is 32.0 Å². The average Bonchev–Trinajstić information content (AvgIpc) is 2.66. The van der Waals surface area contributed by atoms with Crippen molar-refractivity contribution in [2.45, 2.75) is 32.3 Å². The van der Waals surface area contributed by atoms with E-state index in [0.717, 1.165) is 28.6 Å². The minimum Gasteiger partial charge on any atom is -0.462 e. The van der Waals surface area contributed by atoms with Crippen molar-refractivity contribution in [2.24, 2.45) is 0 Å². The van der Waals surface area contributed by atoms with E-state index in [1.54, 1.807) is 11.8 Å². The van der Waals surface area contributed by atoms with Crippen LogP contribution in [0.5, 0.6) is 0 Å². The molecule has 152 valence electrons. The van der Waals surface area contributed by atoms with E-state index in [1.165, 1.54) is 6.20 Å². The summed E-state index contributed by atoms with van der Waals surface area (Å²) in [4.78, 5) is 34.3. The predicted molar refractivity (Wildman–Crippen MR) is 112 cm³/mol. The number of aromatic nitrogens is 2.